The maximum Gasteiger partial charge on any atom is 0.339 e. The SMILES string of the molecule is COC(=O)c1cc(C)ccc1NC(=O)c1noc(C)n1. The van der Waals surface area contributed by atoms with Gasteiger partial charge in [0.15, 0.2) is 0 Å². The first kappa shape index (κ1) is 13.7. The molecule has 0 aliphatic heterocycles. The molecule has 104 valence electrons. The molecule has 0 atom stereocenters. The number of nitrogens with zero attached hydrogens (tertiary/aromatic N) is 2. The first-order valence-corrected chi connectivity index (χ1v) is 5.82. The number of carbonyl (C=O) groups excluding carboxylic acids is 2. The van der Waals surface area contributed by atoms with Crippen molar-refractivity contribution in [1.82, 2.24) is 10.1 Å². The van der Waals surface area contributed by atoms with Crippen molar-refractivity contribution in [3.8, 4) is 0 Å². The molecule has 1 heterocycles. The number of hydrogen-bond donors (Lipinski definition) is 1. The fourth-order valence-electron chi connectivity index (χ4n) is 1.62. The smallest absolute Gasteiger partial charge is 0.339 e. The minimum Gasteiger partial charge on any atom is -0.465 e. The molecule has 1 aromatic heterocycles. The van der Waals surface area contributed by atoms with Gasteiger partial charge in [-0.25, -0.2) is 4.79 Å². The Morgan fingerprint density at radius 2 is 2.05 bits per heavy atom. The lowest BCUT2D eigenvalue weighted by atomic mass is 10.1. The lowest BCUT2D eigenvalue weighted by molar-refractivity contribution is 0.0602. The molecule has 0 radical (unpaired) electrons. The summed E-state index contributed by atoms with van der Waals surface area (Å²) in [5.74, 6) is -0.907. The molecule has 0 aliphatic rings. The number of nitrogens with one attached hydrogen (secondary N) is 1. The molecule has 2 aromatic rings. The van der Waals surface area contributed by atoms with Gasteiger partial charge < -0.3 is 14.6 Å². The Kier molecular flexibility index (Phi) is 3.79. The summed E-state index contributed by atoms with van der Waals surface area (Å²) in [5, 5.41) is 6.07. The zero-order valence-electron chi connectivity index (χ0n) is 11.3. The van der Waals surface area contributed by atoms with Crippen molar-refractivity contribution >= 4 is 17.6 Å². The lowest BCUT2D eigenvalue weighted by Gasteiger charge is -2.09. The second kappa shape index (κ2) is 5.52. The third-order valence-electron chi connectivity index (χ3n) is 2.56. The average molecular weight is 275 g/mol. The van der Waals surface area contributed by atoms with E-state index >= 15 is 0 Å². The van der Waals surface area contributed by atoms with Crippen LogP contribution in [0.1, 0.15) is 32.4 Å². The summed E-state index contributed by atoms with van der Waals surface area (Å²) in [6.45, 7) is 3.41. The van der Waals surface area contributed by atoms with E-state index in [0.29, 0.717) is 5.69 Å². The van der Waals surface area contributed by atoms with Gasteiger partial charge in [0, 0.05) is 6.92 Å². The molecule has 0 unspecified atom stereocenters. The summed E-state index contributed by atoms with van der Waals surface area (Å²) < 4.78 is 9.41. The number of benzene rings is 1. The second-order valence-corrected chi connectivity index (χ2v) is 4.13. The Bertz CT molecular complexity index is 663. The first-order valence-electron chi connectivity index (χ1n) is 5.82. The number of aryl methyl sites for hydroxylation is 2. The highest BCUT2D eigenvalue weighted by molar-refractivity contribution is 6.06. The van der Waals surface area contributed by atoms with E-state index in [1.54, 1.807) is 25.1 Å². The fraction of sp³-hybridized carbons (Fsp3) is 0.231. The average Bonchev–Trinajstić information content (AvgIpc) is 2.86. The van der Waals surface area contributed by atoms with Crippen LogP contribution in [0, 0.1) is 13.8 Å². The highest BCUT2D eigenvalue weighted by atomic mass is 16.5. The van der Waals surface area contributed by atoms with Gasteiger partial charge in [-0.3, -0.25) is 4.79 Å². The van der Waals surface area contributed by atoms with Gasteiger partial charge in [0.2, 0.25) is 5.89 Å². The van der Waals surface area contributed by atoms with Crippen LogP contribution < -0.4 is 5.32 Å². The number of carbonyl (C=O) groups is 2. The molecule has 7 nitrogen and oxygen atoms in total. The normalized spacial score (nSPS) is 10.2. The van der Waals surface area contributed by atoms with Crippen LogP contribution in [0.4, 0.5) is 5.69 Å². The molecule has 2 rings (SSSR count). The van der Waals surface area contributed by atoms with Crippen LogP contribution in [0.5, 0.6) is 0 Å². The van der Waals surface area contributed by atoms with Crippen LogP contribution in [-0.4, -0.2) is 29.1 Å². The minimum absolute atomic E-state index is 0.0982. The number of aromatic nitrogens is 2. The molecular weight excluding hydrogens is 262 g/mol. The minimum atomic E-state index is -0.559. The zero-order valence-corrected chi connectivity index (χ0v) is 11.3. The Morgan fingerprint density at radius 3 is 2.65 bits per heavy atom. The number of rotatable bonds is 3. The summed E-state index contributed by atoms with van der Waals surface area (Å²) in [7, 11) is 1.28. The maximum atomic E-state index is 11.9. The van der Waals surface area contributed by atoms with E-state index in [-0.39, 0.29) is 17.3 Å². The Morgan fingerprint density at radius 1 is 1.30 bits per heavy atom. The van der Waals surface area contributed by atoms with E-state index < -0.39 is 11.9 Å². The molecule has 0 saturated carbocycles. The molecule has 0 fully saturated rings. The van der Waals surface area contributed by atoms with Crippen LogP contribution >= 0.6 is 0 Å². The van der Waals surface area contributed by atoms with Gasteiger partial charge in [-0.1, -0.05) is 16.8 Å². The van der Waals surface area contributed by atoms with Gasteiger partial charge >= 0.3 is 5.97 Å². The molecule has 1 aromatic carbocycles. The van der Waals surface area contributed by atoms with Crippen molar-refractivity contribution in [2.24, 2.45) is 0 Å². The van der Waals surface area contributed by atoms with Gasteiger partial charge in [0.05, 0.1) is 18.4 Å². The molecule has 0 spiro atoms. The Labute approximate surface area is 114 Å². The van der Waals surface area contributed by atoms with E-state index in [1.807, 2.05) is 6.92 Å². The zero-order chi connectivity index (χ0) is 14.7. The van der Waals surface area contributed by atoms with E-state index in [4.69, 9.17) is 4.52 Å². The number of anilines is 1. The molecule has 20 heavy (non-hydrogen) atoms. The molecule has 7 heteroatoms. The summed E-state index contributed by atoms with van der Waals surface area (Å²) >= 11 is 0. The van der Waals surface area contributed by atoms with Crippen LogP contribution in [0.25, 0.3) is 0 Å². The van der Waals surface area contributed by atoms with E-state index in [0.717, 1.165) is 5.56 Å². The van der Waals surface area contributed by atoms with E-state index in [1.165, 1.54) is 7.11 Å². The van der Waals surface area contributed by atoms with Gasteiger partial charge in [-0.2, -0.15) is 4.98 Å². The van der Waals surface area contributed by atoms with Crippen molar-refractivity contribution in [2.45, 2.75) is 13.8 Å². The largest absolute Gasteiger partial charge is 0.465 e. The van der Waals surface area contributed by atoms with Gasteiger partial charge in [-0.15, -0.1) is 0 Å². The first-order chi connectivity index (χ1) is 9.51. The van der Waals surface area contributed by atoms with Crippen molar-refractivity contribution in [3.63, 3.8) is 0 Å². The number of ether oxygens (including phenoxy) is 1. The molecular formula is C13H13N3O4. The quantitative estimate of drug-likeness (QED) is 0.857. The monoisotopic (exact) mass is 275 g/mol. The summed E-state index contributed by atoms with van der Waals surface area (Å²) in [6, 6.07) is 5.01. The third kappa shape index (κ3) is 2.82. The van der Waals surface area contributed by atoms with Gasteiger partial charge in [-0.05, 0) is 19.1 Å². The van der Waals surface area contributed by atoms with Crippen molar-refractivity contribution < 1.29 is 18.8 Å². The van der Waals surface area contributed by atoms with Crippen LogP contribution in [0.2, 0.25) is 0 Å². The summed E-state index contributed by atoms with van der Waals surface area (Å²) in [6.07, 6.45) is 0. The number of hydrogen-bond acceptors (Lipinski definition) is 6. The standard InChI is InChI=1S/C13H13N3O4/c1-7-4-5-10(9(6-7)13(18)19-3)15-12(17)11-14-8(2)20-16-11/h4-6H,1-3H3,(H,15,17). The molecule has 0 saturated heterocycles. The molecule has 1 N–H and O–H groups in total. The van der Waals surface area contributed by atoms with E-state index in [2.05, 4.69) is 20.2 Å². The second-order valence-electron chi connectivity index (χ2n) is 4.13. The third-order valence-corrected chi connectivity index (χ3v) is 2.56. The predicted octanol–water partition coefficient (Wildman–Crippen LogP) is 1.73. The van der Waals surface area contributed by atoms with Crippen molar-refractivity contribution in [2.75, 3.05) is 12.4 Å². The van der Waals surface area contributed by atoms with Crippen LogP contribution in [0.3, 0.4) is 0 Å². The van der Waals surface area contributed by atoms with Gasteiger partial charge in [0.25, 0.3) is 11.7 Å². The number of methoxy groups -OCH3 is 1. The topological polar surface area (TPSA) is 94.3 Å². The highest BCUT2D eigenvalue weighted by Gasteiger charge is 2.18. The van der Waals surface area contributed by atoms with Gasteiger partial charge in [0.1, 0.15) is 0 Å². The van der Waals surface area contributed by atoms with Crippen LogP contribution in [0.15, 0.2) is 22.7 Å². The summed E-state index contributed by atoms with van der Waals surface area (Å²) in [5.41, 5.74) is 1.47. The van der Waals surface area contributed by atoms with Crippen molar-refractivity contribution in [3.05, 3.63) is 41.0 Å². The fourth-order valence-corrected chi connectivity index (χ4v) is 1.62. The number of amides is 1. The van der Waals surface area contributed by atoms with Crippen molar-refractivity contribution in [1.29, 1.82) is 0 Å². The predicted molar refractivity (Wildman–Crippen MR) is 69.5 cm³/mol. The van der Waals surface area contributed by atoms with E-state index in [9.17, 15) is 9.59 Å². The molecule has 0 aliphatic carbocycles. The molecule has 1 amide bonds. The maximum absolute atomic E-state index is 11.9. The number of esters is 1. The Hall–Kier alpha value is -2.70. The summed E-state index contributed by atoms with van der Waals surface area (Å²) in [4.78, 5) is 27.4. The Balaban J connectivity index is 2.29. The highest BCUT2D eigenvalue weighted by Crippen LogP contribution is 2.19. The lowest BCUT2D eigenvalue weighted by Crippen LogP contribution is -2.17. The van der Waals surface area contributed by atoms with Crippen LogP contribution in [-0.2, 0) is 4.74 Å². The molecule has 0 bridgehead atoms.